The molecule has 1 N–H and O–H groups in total. The van der Waals surface area contributed by atoms with Gasteiger partial charge in [-0.05, 0) is 73.0 Å². The second-order valence-corrected chi connectivity index (χ2v) is 10.3. The van der Waals surface area contributed by atoms with Crippen LogP contribution in [0, 0.1) is 30.2 Å². The highest BCUT2D eigenvalue weighted by Gasteiger charge is 2.48. The fourth-order valence-corrected chi connectivity index (χ4v) is 5.44. The average molecular weight is 573 g/mol. The Kier molecular flexibility index (Phi) is 7.65. The predicted octanol–water partition coefficient (Wildman–Crippen LogP) is 6.31. The molecule has 0 atom stereocenters. The fraction of sp³-hybridized carbons (Fsp3) is 0.333. The zero-order valence-corrected chi connectivity index (χ0v) is 22.5. The van der Waals surface area contributed by atoms with Crippen LogP contribution in [-0.2, 0) is 11.3 Å². The maximum Gasteiger partial charge on any atom is 0.415 e. The molecule has 0 aromatic heterocycles. The molecule has 1 spiro atoms. The predicted molar refractivity (Wildman–Crippen MR) is 142 cm³/mol. The average Bonchev–Trinajstić information content (AvgIpc) is 3.25. The van der Waals surface area contributed by atoms with Crippen molar-refractivity contribution in [3.05, 3.63) is 82.4 Å². The van der Waals surface area contributed by atoms with Gasteiger partial charge in [0.2, 0.25) is 0 Å². The highest BCUT2D eigenvalue weighted by molar-refractivity contribution is 5.92. The third kappa shape index (κ3) is 5.46. The van der Waals surface area contributed by atoms with Crippen molar-refractivity contribution < 1.29 is 41.7 Å². The molecule has 3 aromatic rings. The first-order chi connectivity index (χ1) is 19.5. The molecule has 0 radical (unpaired) electrons. The van der Waals surface area contributed by atoms with E-state index >= 15 is 0 Å². The molecule has 0 aliphatic carbocycles. The van der Waals surface area contributed by atoms with E-state index in [0.29, 0.717) is 61.5 Å². The molecule has 2 heterocycles. The summed E-state index contributed by atoms with van der Waals surface area (Å²) in [7, 11) is 0. The third-order valence-electron chi connectivity index (χ3n) is 7.64. The molecular weight excluding hydrogens is 544 g/mol. The minimum Gasteiger partial charge on any atom is -0.494 e. The van der Waals surface area contributed by atoms with Gasteiger partial charge in [-0.3, -0.25) is 9.80 Å². The van der Waals surface area contributed by atoms with Gasteiger partial charge in [-0.15, -0.1) is 0 Å². The van der Waals surface area contributed by atoms with Gasteiger partial charge in [-0.1, -0.05) is 0 Å². The topological polar surface area (TPSA) is 79.3 Å². The number of carbonyl (C=O) groups is 2. The Morgan fingerprint density at radius 1 is 1.00 bits per heavy atom. The number of amides is 1. The van der Waals surface area contributed by atoms with E-state index in [2.05, 4.69) is 4.90 Å². The highest BCUT2D eigenvalue weighted by Crippen LogP contribution is 2.39. The van der Waals surface area contributed by atoms with E-state index < -0.39 is 40.9 Å². The molecule has 0 bridgehead atoms. The first-order valence-corrected chi connectivity index (χ1v) is 13.2. The number of halogens is 4. The molecule has 1 amide bonds. The number of nitrogens with zero attached hydrogens (tertiary/aromatic N) is 2. The van der Waals surface area contributed by atoms with Gasteiger partial charge in [0.05, 0.1) is 24.4 Å². The lowest BCUT2D eigenvalue weighted by atomic mass is 9.90. The number of carboxylic acids is 1. The molecule has 0 saturated carbocycles. The zero-order chi connectivity index (χ0) is 29.5. The second-order valence-electron chi connectivity index (χ2n) is 10.3. The van der Waals surface area contributed by atoms with Crippen molar-refractivity contribution >= 4 is 17.7 Å². The van der Waals surface area contributed by atoms with Crippen LogP contribution in [0.5, 0.6) is 5.75 Å². The molecule has 7 nitrogen and oxygen atoms in total. The molecule has 2 saturated heterocycles. The van der Waals surface area contributed by atoms with Crippen LogP contribution in [0.3, 0.4) is 0 Å². The molecular formula is C30H28F4N2O5. The third-order valence-corrected chi connectivity index (χ3v) is 7.64. The standard InChI is InChI=1S/C30H28F4N2O5/c1-3-40-25-14-19(21(12-17(25)2)20-5-6-22(31)27(34)26(20)33)15-35-10-8-30(9-11-35)16-36(29(39)41-30)24-7-4-18(28(37)38)13-23(24)32/h4-7,12-14H,3,8-11,15-16H2,1-2H3,(H,37,38). The summed E-state index contributed by atoms with van der Waals surface area (Å²) >= 11 is 0. The monoisotopic (exact) mass is 572 g/mol. The molecule has 2 fully saturated rings. The number of anilines is 1. The maximum atomic E-state index is 14.8. The Hall–Kier alpha value is -4.12. The number of ether oxygens (including phenoxy) is 2. The van der Waals surface area contributed by atoms with E-state index in [-0.39, 0.29) is 23.4 Å². The van der Waals surface area contributed by atoms with E-state index in [1.807, 2.05) is 6.92 Å². The Morgan fingerprint density at radius 3 is 2.39 bits per heavy atom. The first kappa shape index (κ1) is 28.4. The van der Waals surface area contributed by atoms with Crippen molar-refractivity contribution in [1.29, 1.82) is 0 Å². The SMILES string of the molecule is CCOc1cc(CN2CCC3(CC2)CN(c2ccc(C(=O)O)cc2F)C(=O)O3)c(-c2ccc(F)c(F)c2F)cc1C. The summed E-state index contributed by atoms with van der Waals surface area (Å²) in [6.45, 7) is 5.45. The normalized spacial score (nSPS) is 16.7. The van der Waals surface area contributed by atoms with Crippen molar-refractivity contribution in [3.8, 4) is 16.9 Å². The van der Waals surface area contributed by atoms with Crippen LogP contribution < -0.4 is 9.64 Å². The van der Waals surface area contributed by atoms with Gasteiger partial charge < -0.3 is 14.6 Å². The molecule has 11 heteroatoms. The van der Waals surface area contributed by atoms with Crippen molar-refractivity contribution in [2.24, 2.45) is 0 Å². The number of carbonyl (C=O) groups excluding carboxylic acids is 1. The summed E-state index contributed by atoms with van der Waals surface area (Å²) in [6.07, 6.45) is 0.156. The van der Waals surface area contributed by atoms with E-state index in [9.17, 15) is 27.2 Å². The first-order valence-electron chi connectivity index (χ1n) is 13.2. The summed E-state index contributed by atoms with van der Waals surface area (Å²) in [6, 6.07) is 8.93. The van der Waals surface area contributed by atoms with E-state index in [1.165, 1.54) is 23.1 Å². The van der Waals surface area contributed by atoms with Crippen LogP contribution in [-0.4, -0.2) is 53.9 Å². The summed E-state index contributed by atoms with van der Waals surface area (Å²) in [5, 5.41) is 9.09. The van der Waals surface area contributed by atoms with Crippen LogP contribution in [0.1, 0.15) is 41.3 Å². The summed E-state index contributed by atoms with van der Waals surface area (Å²) in [5.74, 6) is -5.59. The molecule has 5 rings (SSSR count). The summed E-state index contributed by atoms with van der Waals surface area (Å²) < 4.78 is 68.7. The van der Waals surface area contributed by atoms with Crippen molar-refractivity contribution in [1.82, 2.24) is 4.90 Å². The number of piperidine rings is 1. The lowest BCUT2D eigenvalue weighted by Gasteiger charge is -2.37. The van der Waals surface area contributed by atoms with Crippen LogP contribution in [0.4, 0.5) is 28.0 Å². The number of aryl methyl sites for hydroxylation is 1. The summed E-state index contributed by atoms with van der Waals surface area (Å²) in [4.78, 5) is 27.1. The van der Waals surface area contributed by atoms with E-state index in [1.54, 1.807) is 19.1 Å². The fourth-order valence-electron chi connectivity index (χ4n) is 5.44. The number of hydrogen-bond donors (Lipinski definition) is 1. The van der Waals surface area contributed by atoms with Crippen LogP contribution >= 0.6 is 0 Å². The highest BCUT2D eigenvalue weighted by atomic mass is 19.2. The lowest BCUT2D eigenvalue weighted by molar-refractivity contribution is -0.000960. The van der Waals surface area contributed by atoms with Crippen LogP contribution in [0.25, 0.3) is 11.1 Å². The van der Waals surface area contributed by atoms with Gasteiger partial charge >= 0.3 is 12.1 Å². The largest absolute Gasteiger partial charge is 0.494 e. The van der Waals surface area contributed by atoms with Gasteiger partial charge in [0.15, 0.2) is 17.5 Å². The molecule has 0 unspecified atom stereocenters. The number of carboxylic acid groups (broad SMARTS) is 1. The quantitative estimate of drug-likeness (QED) is 0.264. The molecule has 2 aliphatic heterocycles. The molecule has 41 heavy (non-hydrogen) atoms. The van der Waals surface area contributed by atoms with Gasteiger partial charge in [-0.25, -0.2) is 27.2 Å². The lowest BCUT2D eigenvalue weighted by Crippen LogP contribution is -2.46. The smallest absolute Gasteiger partial charge is 0.415 e. The summed E-state index contributed by atoms with van der Waals surface area (Å²) in [5.41, 5.74) is 0.592. The second kappa shape index (κ2) is 11.0. The van der Waals surface area contributed by atoms with Crippen molar-refractivity contribution in [3.63, 3.8) is 0 Å². The van der Waals surface area contributed by atoms with Crippen molar-refractivity contribution in [2.75, 3.05) is 31.1 Å². The minimum atomic E-state index is -1.54. The minimum absolute atomic E-state index is 0.0550. The van der Waals surface area contributed by atoms with Gasteiger partial charge in [-0.2, -0.15) is 0 Å². The van der Waals surface area contributed by atoms with Crippen LogP contribution in [0.15, 0.2) is 42.5 Å². The Morgan fingerprint density at radius 2 is 1.73 bits per heavy atom. The van der Waals surface area contributed by atoms with Crippen LogP contribution in [0.2, 0.25) is 0 Å². The number of benzene rings is 3. The molecule has 2 aliphatic rings. The zero-order valence-electron chi connectivity index (χ0n) is 22.5. The van der Waals surface area contributed by atoms with Gasteiger partial charge in [0.1, 0.15) is 17.2 Å². The Labute approximate surface area is 233 Å². The molecule has 3 aromatic carbocycles. The Bertz CT molecular complexity index is 1520. The number of rotatable bonds is 7. The number of aromatic carboxylic acids is 1. The van der Waals surface area contributed by atoms with E-state index in [0.717, 1.165) is 12.1 Å². The van der Waals surface area contributed by atoms with Gasteiger partial charge in [0.25, 0.3) is 0 Å². The Balaban J connectivity index is 1.35. The maximum absolute atomic E-state index is 14.8. The molecule has 216 valence electrons. The van der Waals surface area contributed by atoms with Crippen molar-refractivity contribution in [2.45, 2.75) is 38.8 Å². The number of likely N-dealkylation sites (tertiary alicyclic amines) is 1. The van der Waals surface area contributed by atoms with Gasteiger partial charge in [0, 0.05) is 38.0 Å². The number of hydrogen-bond acceptors (Lipinski definition) is 5. The van der Waals surface area contributed by atoms with E-state index in [4.69, 9.17) is 14.6 Å².